The molecule has 0 saturated carbocycles. The standard InChI is InChI=1S/C20H17FN4O3/c21-16-4-2-1-3-13(16)10-22-19(26)14-11-23-20(24-12-14)25-15-5-6-17-18(9-15)28-8-7-27-17/h1-6,9,11-12H,7-8,10H2,(H,22,26)(H,23,24,25). The van der Waals surface area contributed by atoms with Crippen molar-refractivity contribution in [3.05, 3.63) is 71.8 Å². The molecule has 0 fully saturated rings. The SMILES string of the molecule is O=C(NCc1ccccc1F)c1cnc(Nc2ccc3c(c2)OCCO3)nc1. The number of nitrogens with one attached hydrogen (secondary N) is 2. The van der Waals surface area contributed by atoms with Gasteiger partial charge in [0, 0.05) is 36.3 Å². The lowest BCUT2D eigenvalue weighted by Gasteiger charge is -2.18. The van der Waals surface area contributed by atoms with Crippen LogP contribution in [-0.4, -0.2) is 29.1 Å². The van der Waals surface area contributed by atoms with Gasteiger partial charge in [-0.2, -0.15) is 0 Å². The predicted octanol–water partition coefficient (Wildman–Crippen LogP) is 3.06. The normalized spacial score (nSPS) is 12.3. The fraction of sp³-hybridized carbons (Fsp3) is 0.150. The molecule has 0 aliphatic carbocycles. The Morgan fingerprint density at radius 3 is 2.57 bits per heavy atom. The summed E-state index contributed by atoms with van der Waals surface area (Å²) in [6.45, 7) is 1.12. The van der Waals surface area contributed by atoms with E-state index in [4.69, 9.17) is 9.47 Å². The van der Waals surface area contributed by atoms with Crippen molar-refractivity contribution >= 4 is 17.5 Å². The molecule has 142 valence electrons. The third-order valence-electron chi connectivity index (χ3n) is 4.11. The molecule has 2 aromatic carbocycles. The number of benzene rings is 2. The van der Waals surface area contributed by atoms with Crippen molar-refractivity contribution in [3.8, 4) is 11.5 Å². The second-order valence-corrected chi connectivity index (χ2v) is 6.05. The van der Waals surface area contributed by atoms with Gasteiger partial charge in [0.25, 0.3) is 5.91 Å². The van der Waals surface area contributed by atoms with E-state index >= 15 is 0 Å². The number of anilines is 2. The Kier molecular flexibility index (Phi) is 5.01. The highest BCUT2D eigenvalue weighted by Crippen LogP contribution is 2.33. The van der Waals surface area contributed by atoms with Crippen LogP contribution in [0.15, 0.2) is 54.9 Å². The van der Waals surface area contributed by atoms with Crippen LogP contribution in [0.25, 0.3) is 0 Å². The Labute approximate surface area is 160 Å². The van der Waals surface area contributed by atoms with E-state index < -0.39 is 0 Å². The number of carbonyl (C=O) groups excluding carboxylic acids is 1. The van der Waals surface area contributed by atoms with Crippen LogP contribution >= 0.6 is 0 Å². The topological polar surface area (TPSA) is 85.4 Å². The first-order valence-corrected chi connectivity index (χ1v) is 8.69. The first-order chi connectivity index (χ1) is 13.7. The number of ether oxygens (including phenoxy) is 2. The van der Waals surface area contributed by atoms with E-state index in [2.05, 4.69) is 20.6 Å². The maximum absolute atomic E-state index is 13.6. The Morgan fingerprint density at radius 1 is 1.04 bits per heavy atom. The highest BCUT2D eigenvalue weighted by Gasteiger charge is 2.13. The van der Waals surface area contributed by atoms with E-state index in [0.29, 0.717) is 36.2 Å². The largest absolute Gasteiger partial charge is 0.486 e. The third kappa shape index (κ3) is 4.01. The summed E-state index contributed by atoms with van der Waals surface area (Å²) in [6.07, 6.45) is 2.81. The van der Waals surface area contributed by atoms with Gasteiger partial charge >= 0.3 is 0 Å². The van der Waals surface area contributed by atoms with Gasteiger partial charge in [-0.25, -0.2) is 14.4 Å². The molecule has 7 nitrogen and oxygen atoms in total. The van der Waals surface area contributed by atoms with Crippen LogP contribution < -0.4 is 20.1 Å². The molecule has 2 heterocycles. The number of halogens is 1. The smallest absolute Gasteiger partial charge is 0.254 e. The average Bonchev–Trinajstić information content (AvgIpc) is 2.73. The maximum Gasteiger partial charge on any atom is 0.254 e. The summed E-state index contributed by atoms with van der Waals surface area (Å²) in [5, 5.41) is 5.70. The van der Waals surface area contributed by atoms with Crippen LogP contribution in [0.1, 0.15) is 15.9 Å². The molecule has 0 bridgehead atoms. The van der Waals surface area contributed by atoms with Crippen molar-refractivity contribution < 1.29 is 18.7 Å². The number of carbonyl (C=O) groups is 1. The molecule has 0 radical (unpaired) electrons. The fourth-order valence-corrected chi connectivity index (χ4v) is 2.68. The Morgan fingerprint density at radius 2 is 1.79 bits per heavy atom. The molecule has 0 saturated heterocycles. The molecule has 3 aromatic rings. The molecular formula is C20H17FN4O3. The number of hydrogen-bond donors (Lipinski definition) is 2. The average molecular weight is 380 g/mol. The lowest BCUT2D eigenvalue weighted by Crippen LogP contribution is -2.23. The van der Waals surface area contributed by atoms with Crippen molar-refractivity contribution in [2.24, 2.45) is 0 Å². The minimum absolute atomic E-state index is 0.0860. The molecular weight excluding hydrogens is 363 g/mol. The number of aromatic nitrogens is 2. The summed E-state index contributed by atoms with van der Waals surface area (Å²) in [5.74, 6) is 0.939. The molecule has 1 aliphatic heterocycles. The molecule has 1 aliphatic rings. The summed E-state index contributed by atoms with van der Waals surface area (Å²) >= 11 is 0. The maximum atomic E-state index is 13.6. The van der Waals surface area contributed by atoms with Crippen LogP contribution in [0.5, 0.6) is 11.5 Å². The lowest BCUT2D eigenvalue weighted by atomic mass is 10.2. The van der Waals surface area contributed by atoms with Gasteiger partial charge in [0.05, 0.1) is 5.56 Å². The van der Waals surface area contributed by atoms with E-state index in [-0.39, 0.29) is 23.8 Å². The van der Waals surface area contributed by atoms with Crippen LogP contribution in [0.4, 0.5) is 16.0 Å². The van der Waals surface area contributed by atoms with Crippen molar-refractivity contribution in [2.45, 2.75) is 6.54 Å². The molecule has 2 N–H and O–H groups in total. The summed E-state index contributed by atoms with van der Waals surface area (Å²) in [6, 6.07) is 11.7. The number of nitrogens with zero attached hydrogens (tertiary/aromatic N) is 2. The molecule has 28 heavy (non-hydrogen) atoms. The van der Waals surface area contributed by atoms with Crippen molar-refractivity contribution in [1.29, 1.82) is 0 Å². The van der Waals surface area contributed by atoms with E-state index in [1.54, 1.807) is 30.3 Å². The van der Waals surface area contributed by atoms with Gasteiger partial charge in [-0.05, 0) is 18.2 Å². The minimum atomic E-state index is -0.380. The zero-order chi connectivity index (χ0) is 19.3. The van der Waals surface area contributed by atoms with Crippen molar-refractivity contribution in [2.75, 3.05) is 18.5 Å². The first-order valence-electron chi connectivity index (χ1n) is 8.69. The van der Waals surface area contributed by atoms with Crippen LogP contribution in [0.2, 0.25) is 0 Å². The lowest BCUT2D eigenvalue weighted by molar-refractivity contribution is 0.0950. The quantitative estimate of drug-likeness (QED) is 0.708. The van der Waals surface area contributed by atoms with Gasteiger partial charge in [-0.1, -0.05) is 18.2 Å². The summed E-state index contributed by atoms with van der Waals surface area (Å²) in [7, 11) is 0. The Bertz CT molecular complexity index is 995. The summed E-state index contributed by atoms with van der Waals surface area (Å²) in [5.41, 5.74) is 1.43. The summed E-state index contributed by atoms with van der Waals surface area (Å²) < 4.78 is 24.6. The number of amides is 1. The molecule has 8 heteroatoms. The highest BCUT2D eigenvalue weighted by molar-refractivity contribution is 5.93. The zero-order valence-corrected chi connectivity index (χ0v) is 14.8. The van der Waals surface area contributed by atoms with Gasteiger partial charge in [0.15, 0.2) is 11.5 Å². The van der Waals surface area contributed by atoms with E-state index in [1.165, 1.54) is 18.5 Å². The van der Waals surface area contributed by atoms with Gasteiger partial charge in [-0.15, -0.1) is 0 Å². The van der Waals surface area contributed by atoms with Gasteiger partial charge < -0.3 is 20.1 Å². The molecule has 1 amide bonds. The highest BCUT2D eigenvalue weighted by atomic mass is 19.1. The van der Waals surface area contributed by atoms with E-state index in [1.807, 2.05) is 6.07 Å². The second-order valence-electron chi connectivity index (χ2n) is 6.05. The van der Waals surface area contributed by atoms with Gasteiger partial charge in [0.2, 0.25) is 5.95 Å². The predicted molar refractivity (Wildman–Crippen MR) is 100 cm³/mol. The molecule has 0 unspecified atom stereocenters. The van der Waals surface area contributed by atoms with Crippen molar-refractivity contribution in [1.82, 2.24) is 15.3 Å². The van der Waals surface area contributed by atoms with Gasteiger partial charge in [0.1, 0.15) is 19.0 Å². The molecule has 1 aromatic heterocycles. The van der Waals surface area contributed by atoms with Crippen molar-refractivity contribution in [3.63, 3.8) is 0 Å². The molecule has 4 rings (SSSR count). The number of rotatable bonds is 5. The van der Waals surface area contributed by atoms with Crippen LogP contribution in [0.3, 0.4) is 0 Å². The van der Waals surface area contributed by atoms with Gasteiger partial charge in [-0.3, -0.25) is 4.79 Å². The Hall–Kier alpha value is -3.68. The fourth-order valence-electron chi connectivity index (χ4n) is 2.68. The number of fused-ring (bicyclic) bond motifs is 1. The van der Waals surface area contributed by atoms with E-state index in [9.17, 15) is 9.18 Å². The third-order valence-corrected chi connectivity index (χ3v) is 4.11. The van der Waals surface area contributed by atoms with E-state index in [0.717, 1.165) is 5.69 Å². The van der Waals surface area contributed by atoms with Crippen LogP contribution in [0, 0.1) is 5.82 Å². The summed E-state index contributed by atoms with van der Waals surface area (Å²) in [4.78, 5) is 20.5. The zero-order valence-electron chi connectivity index (χ0n) is 14.8. The van der Waals surface area contributed by atoms with Crippen LogP contribution in [-0.2, 0) is 6.54 Å². The number of hydrogen-bond acceptors (Lipinski definition) is 6. The molecule has 0 spiro atoms. The minimum Gasteiger partial charge on any atom is -0.486 e. The second kappa shape index (κ2) is 7.91. The first kappa shape index (κ1) is 17.7. The Balaban J connectivity index is 1.38. The molecule has 0 atom stereocenters. The monoisotopic (exact) mass is 380 g/mol.